The molecule has 1 fully saturated rings. The summed E-state index contributed by atoms with van der Waals surface area (Å²) >= 11 is 0. The molecule has 1 saturated heterocycles. The highest BCUT2D eigenvalue weighted by atomic mass is 16.7. The van der Waals surface area contributed by atoms with Crippen LogP contribution >= 0.6 is 0 Å². The van der Waals surface area contributed by atoms with Crippen molar-refractivity contribution in [3.05, 3.63) is 78.3 Å². The molecule has 2 aromatic heterocycles. The number of hydrogen-bond acceptors (Lipinski definition) is 4. The second-order valence-electron chi connectivity index (χ2n) is 9.89. The first kappa shape index (κ1) is 24.4. The van der Waals surface area contributed by atoms with E-state index in [1.807, 2.05) is 63.4 Å². The molecule has 0 N–H and O–H groups in total. The number of rotatable bonds is 2. The highest BCUT2D eigenvalue weighted by Crippen LogP contribution is 2.38. The normalized spacial score (nSPS) is 17.1. The molecule has 0 spiro atoms. The zero-order valence-electron chi connectivity index (χ0n) is 22.1. The number of para-hydroxylation sites is 1. The zero-order valence-corrected chi connectivity index (χ0v) is 22.1. The van der Waals surface area contributed by atoms with E-state index in [-0.39, 0.29) is 0 Å². The molecule has 0 amide bonds. The minimum Gasteiger partial charge on any atom is -0.454 e. The van der Waals surface area contributed by atoms with Gasteiger partial charge < -0.3 is 13.7 Å². The Morgan fingerprint density at radius 1 is 0.750 bits per heavy atom. The molecular weight excluding hydrogens is 447 g/mol. The maximum Gasteiger partial charge on any atom is 0.494 e. The summed E-state index contributed by atoms with van der Waals surface area (Å²) in [6.07, 6.45) is 0. The lowest BCUT2D eigenvalue weighted by Gasteiger charge is -2.32. The summed E-state index contributed by atoms with van der Waals surface area (Å²) < 4.78 is 21.4. The zero-order chi connectivity index (χ0) is 25.7. The Kier molecular flexibility index (Phi) is 6.05. The molecule has 0 aliphatic carbocycles. The van der Waals surface area contributed by atoms with Gasteiger partial charge in [0.1, 0.15) is 16.6 Å². The van der Waals surface area contributed by atoms with Crippen LogP contribution in [0.1, 0.15) is 41.5 Å². The average Bonchev–Trinajstić information content (AvgIpc) is 3.37. The van der Waals surface area contributed by atoms with Crippen molar-refractivity contribution in [3.8, 4) is 5.69 Å². The number of nitrogens with zero attached hydrogens (tertiary/aromatic N) is 2. The fourth-order valence-electron chi connectivity index (χ4n) is 4.78. The van der Waals surface area contributed by atoms with Crippen LogP contribution in [0.25, 0.3) is 38.5 Å². The van der Waals surface area contributed by atoms with E-state index in [2.05, 4.69) is 62.6 Å². The van der Waals surface area contributed by atoms with Gasteiger partial charge in [0, 0.05) is 28.9 Å². The van der Waals surface area contributed by atoms with Crippen molar-refractivity contribution in [2.24, 2.45) is 4.99 Å². The summed E-state index contributed by atoms with van der Waals surface area (Å²) in [6, 6.07) is 24.8. The van der Waals surface area contributed by atoms with Crippen LogP contribution in [0.5, 0.6) is 0 Å². The third kappa shape index (κ3) is 3.67. The second-order valence-corrected chi connectivity index (χ2v) is 9.89. The Morgan fingerprint density at radius 3 is 2.00 bits per heavy atom. The van der Waals surface area contributed by atoms with E-state index in [1.165, 1.54) is 0 Å². The van der Waals surface area contributed by atoms with Gasteiger partial charge in [-0.05, 0) is 57.4 Å². The molecule has 5 aromatic rings. The lowest BCUT2D eigenvalue weighted by Crippen LogP contribution is -2.41. The van der Waals surface area contributed by atoms with Crippen molar-refractivity contribution >= 4 is 45.4 Å². The quantitative estimate of drug-likeness (QED) is 0.275. The van der Waals surface area contributed by atoms with Gasteiger partial charge in [-0.15, -0.1) is 0 Å². The van der Waals surface area contributed by atoms with Crippen molar-refractivity contribution < 1.29 is 13.7 Å². The van der Waals surface area contributed by atoms with E-state index >= 15 is 0 Å². The molecule has 0 unspecified atom stereocenters. The smallest absolute Gasteiger partial charge is 0.454 e. The topological polar surface area (TPSA) is 48.9 Å². The average molecular weight is 480 g/mol. The highest BCUT2D eigenvalue weighted by molar-refractivity contribution is 6.62. The van der Waals surface area contributed by atoms with Gasteiger partial charge in [-0.2, -0.15) is 0 Å². The largest absolute Gasteiger partial charge is 0.494 e. The van der Waals surface area contributed by atoms with Gasteiger partial charge >= 0.3 is 7.12 Å². The number of aromatic nitrogens is 1. The van der Waals surface area contributed by atoms with Crippen LogP contribution in [0.15, 0.2) is 82.2 Å². The van der Waals surface area contributed by atoms with Crippen molar-refractivity contribution in [3.63, 3.8) is 0 Å². The minimum absolute atomic E-state index is 0.403. The van der Waals surface area contributed by atoms with Crippen molar-refractivity contribution in [1.29, 1.82) is 0 Å². The van der Waals surface area contributed by atoms with E-state index in [9.17, 15) is 0 Å². The third-order valence-corrected chi connectivity index (χ3v) is 7.29. The molecular formula is C30H33BN2O3. The number of furan rings is 1. The van der Waals surface area contributed by atoms with Crippen LogP contribution in [-0.4, -0.2) is 29.9 Å². The minimum atomic E-state index is -0.444. The molecule has 0 saturated carbocycles. The molecule has 6 rings (SSSR count). The first-order chi connectivity index (χ1) is 17.3. The van der Waals surface area contributed by atoms with E-state index in [4.69, 9.17) is 18.7 Å². The number of benzene rings is 3. The van der Waals surface area contributed by atoms with Crippen LogP contribution in [0, 0.1) is 0 Å². The van der Waals surface area contributed by atoms with Gasteiger partial charge in [0.15, 0.2) is 5.58 Å². The van der Waals surface area contributed by atoms with E-state index < -0.39 is 18.3 Å². The van der Waals surface area contributed by atoms with Gasteiger partial charge in [0.2, 0.25) is 0 Å². The molecule has 6 heteroatoms. The summed E-state index contributed by atoms with van der Waals surface area (Å²) in [5.41, 5.74) is 4.72. The van der Waals surface area contributed by atoms with Crippen LogP contribution in [-0.2, 0) is 9.31 Å². The fourth-order valence-corrected chi connectivity index (χ4v) is 4.78. The lowest BCUT2D eigenvalue weighted by atomic mass is 9.78. The van der Waals surface area contributed by atoms with E-state index in [1.54, 1.807) is 0 Å². The van der Waals surface area contributed by atoms with Crippen LogP contribution < -0.4 is 11.0 Å². The van der Waals surface area contributed by atoms with Gasteiger partial charge in [-0.25, -0.2) is 0 Å². The van der Waals surface area contributed by atoms with Crippen molar-refractivity contribution in [2.75, 3.05) is 7.05 Å². The second kappa shape index (κ2) is 8.95. The molecule has 184 valence electrons. The Morgan fingerprint density at radius 2 is 1.36 bits per heavy atom. The third-order valence-electron chi connectivity index (χ3n) is 7.29. The first-order valence-corrected chi connectivity index (χ1v) is 12.6. The Bertz CT molecular complexity index is 1620. The molecule has 0 atom stereocenters. The van der Waals surface area contributed by atoms with Crippen LogP contribution in [0.3, 0.4) is 0 Å². The van der Waals surface area contributed by atoms with E-state index in [0.29, 0.717) is 0 Å². The molecule has 5 nitrogen and oxygen atoms in total. The molecule has 3 aromatic carbocycles. The van der Waals surface area contributed by atoms with Gasteiger partial charge in [-0.1, -0.05) is 62.4 Å². The lowest BCUT2D eigenvalue weighted by molar-refractivity contribution is 0.00578. The predicted molar refractivity (Wildman–Crippen MR) is 149 cm³/mol. The highest BCUT2D eigenvalue weighted by Gasteiger charge is 2.51. The SMILES string of the molecule is CC.CN=c1c2ccccc2c2oc3ccc(B4OC(C)(C)C(C)(C)O4)cc3c2n1-c1ccccc1. The van der Waals surface area contributed by atoms with Crippen molar-refractivity contribution in [1.82, 2.24) is 4.57 Å². The maximum absolute atomic E-state index is 6.48. The van der Waals surface area contributed by atoms with Crippen LogP contribution in [0.4, 0.5) is 0 Å². The fraction of sp³-hybridized carbons (Fsp3) is 0.300. The summed E-state index contributed by atoms with van der Waals surface area (Å²) in [5, 5.41) is 3.09. The molecule has 0 radical (unpaired) electrons. The molecule has 1 aliphatic rings. The monoisotopic (exact) mass is 480 g/mol. The summed E-state index contributed by atoms with van der Waals surface area (Å²) in [6.45, 7) is 12.3. The molecule has 1 aliphatic heterocycles. The summed E-state index contributed by atoms with van der Waals surface area (Å²) in [4.78, 5) is 4.72. The number of fused-ring (bicyclic) bond motifs is 5. The first-order valence-electron chi connectivity index (χ1n) is 12.6. The van der Waals surface area contributed by atoms with Gasteiger partial charge in [-0.3, -0.25) is 9.56 Å². The Hall–Kier alpha value is -3.35. The van der Waals surface area contributed by atoms with Crippen molar-refractivity contribution in [2.45, 2.75) is 52.7 Å². The van der Waals surface area contributed by atoms with Crippen LogP contribution in [0.2, 0.25) is 0 Å². The van der Waals surface area contributed by atoms with Gasteiger partial charge in [0.25, 0.3) is 0 Å². The molecule has 0 bridgehead atoms. The van der Waals surface area contributed by atoms with Gasteiger partial charge in [0.05, 0.1) is 11.2 Å². The summed E-state index contributed by atoms with van der Waals surface area (Å²) in [5.74, 6) is 0. The number of pyridine rings is 1. The molecule has 36 heavy (non-hydrogen) atoms. The predicted octanol–water partition coefficient (Wildman–Crippen LogP) is 6.39. The molecule has 3 heterocycles. The maximum atomic E-state index is 6.48. The summed E-state index contributed by atoms with van der Waals surface area (Å²) in [7, 11) is 1.39. The Balaban J connectivity index is 0.00000130. The standard InChI is InChI=1S/C28H27BN2O3.C2H6/c1-27(2)28(3,4)34-29(33-27)18-15-16-23-22(17-18)24-25(32-23)20-13-9-10-14-21(20)26(30-5)31(24)19-11-7-6-8-12-19;1-2/h6-17H,1-5H3;1-2H3. The number of hydrogen-bond donors (Lipinski definition) is 0. The van der Waals surface area contributed by atoms with E-state index in [0.717, 1.165) is 49.5 Å². The Labute approximate surface area is 212 Å².